The Morgan fingerprint density at radius 3 is 2.04 bits per heavy atom. The van der Waals surface area contributed by atoms with Crippen molar-refractivity contribution < 1.29 is 0 Å². The molecule has 0 nitrogen and oxygen atoms in total. The van der Waals surface area contributed by atoms with E-state index in [1.54, 1.807) is 0 Å². The Balaban J connectivity index is 2.01. The third-order valence-corrected chi connectivity index (χ3v) is 5.06. The van der Waals surface area contributed by atoms with Gasteiger partial charge < -0.3 is 0 Å². The molecule has 0 fully saturated rings. The van der Waals surface area contributed by atoms with Crippen LogP contribution in [0.5, 0.6) is 0 Å². The van der Waals surface area contributed by atoms with Gasteiger partial charge >= 0.3 is 0 Å². The van der Waals surface area contributed by atoms with Gasteiger partial charge in [0, 0.05) is 5.92 Å². The van der Waals surface area contributed by atoms with Crippen LogP contribution in [0, 0.1) is 6.92 Å². The summed E-state index contributed by atoms with van der Waals surface area (Å²) in [6, 6.07) is 29.0. The lowest BCUT2D eigenvalue weighted by Gasteiger charge is -2.20. The smallest absolute Gasteiger partial charge is 0.00931 e. The van der Waals surface area contributed by atoms with Gasteiger partial charge in [0.2, 0.25) is 0 Å². The zero-order chi connectivity index (χ0) is 16.5. The fourth-order valence-electron chi connectivity index (χ4n) is 3.81. The van der Waals surface area contributed by atoms with Crippen LogP contribution in [0.15, 0.2) is 78.9 Å². The molecule has 0 heteroatoms. The lowest BCUT2D eigenvalue weighted by Crippen LogP contribution is -2.01. The molecular formula is C24H22. The lowest BCUT2D eigenvalue weighted by molar-refractivity contribution is 0.784. The van der Waals surface area contributed by atoms with E-state index in [2.05, 4.69) is 92.7 Å². The van der Waals surface area contributed by atoms with Crippen molar-refractivity contribution in [3.63, 3.8) is 0 Å². The monoisotopic (exact) mass is 310 g/mol. The number of fused-ring (bicyclic) bond motifs is 3. The van der Waals surface area contributed by atoms with Gasteiger partial charge in [0.05, 0.1) is 0 Å². The largest absolute Gasteiger partial charge is 0.0645 e. The van der Waals surface area contributed by atoms with Crippen LogP contribution in [0.2, 0.25) is 0 Å². The summed E-state index contributed by atoms with van der Waals surface area (Å²) in [7, 11) is 0. The number of rotatable bonds is 3. The second kappa shape index (κ2) is 6.13. The first-order valence-electron chi connectivity index (χ1n) is 8.75. The summed E-state index contributed by atoms with van der Waals surface area (Å²) >= 11 is 0. The molecule has 0 heterocycles. The molecule has 0 aliphatic heterocycles. The second-order valence-corrected chi connectivity index (χ2v) is 6.60. The molecule has 0 saturated carbocycles. The zero-order valence-electron chi connectivity index (χ0n) is 14.3. The number of hydrogen-bond acceptors (Lipinski definition) is 0. The maximum absolute atomic E-state index is 2.39. The van der Waals surface area contributed by atoms with Gasteiger partial charge in [0.25, 0.3) is 0 Å². The van der Waals surface area contributed by atoms with Crippen molar-refractivity contribution in [2.45, 2.75) is 26.2 Å². The summed E-state index contributed by atoms with van der Waals surface area (Å²) in [6.07, 6.45) is 1.10. The molecule has 0 amide bonds. The summed E-state index contributed by atoms with van der Waals surface area (Å²) in [5.74, 6) is 0.431. The Morgan fingerprint density at radius 2 is 1.33 bits per heavy atom. The highest BCUT2D eigenvalue weighted by atomic mass is 14.2. The van der Waals surface area contributed by atoms with Gasteiger partial charge in [0.15, 0.2) is 0 Å². The van der Waals surface area contributed by atoms with Crippen LogP contribution in [0.4, 0.5) is 0 Å². The molecule has 0 aliphatic rings. The standard InChI is InChI=1S/C24H22/c1-3-20(18-14-12-17(2)13-15-18)24-16-19-8-4-5-9-21(19)22-10-6-7-11-23(22)24/h4-16,20H,3H2,1-2H3. The van der Waals surface area contributed by atoms with Gasteiger partial charge in [0.1, 0.15) is 0 Å². The highest BCUT2D eigenvalue weighted by Gasteiger charge is 2.16. The molecule has 1 atom stereocenters. The van der Waals surface area contributed by atoms with Crippen molar-refractivity contribution >= 4 is 21.5 Å². The van der Waals surface area contributed by atoms with Gasteiger partial charge in [-0.05, 0) is 52.1 Å². The molecule has 0 aromatic heterocycles. The van der Waals surface area contributed by atoms with E-state index in [1.165, 1.54) is 38.2 Å². The minimum absolute atomic E-state index is 0.431. The molecule has 0 saturated heterocycles. The maximum atomic E-state index is 2.39. The Labute approximate surface area is 143 Å². The van der Waals surface area contributed by atoms with E-state index in [0.29, 0.717) is 5.92 Å². The molecular weight excluding hydrogens is 288 g/mol. The quantitative estimate of drug-likeness (QED) is 0.363. The normalized spacial score (nSPS) is 12.6. The van der Waals surface area contributed by atoms with Crippen molar-refractivity contribution in [2.24, 2.45) is 0 Å². The molecule has 4 aromatic carbocycles. The van der Waals surface area contributed by atoms with E-state index in [-0.39, 0.29) is 0 Å². The van der Waals surface area contributed by atoms with Gasteiger partial charge in [-0.3, -0.25) is 0 Å². The Hall–Kier alpha value is -2.60. The summed E-state index contributed by atoms with van der Waals surface area (Å²) in [6.45, 7) is 4.44. The van der Waals surface area contributed by atoms with Crippen LogP contribution in [0.25, 0.3) is 21.5 Å². The minimum Gasteiger partial charge on any atom is -0.0645 e. The molecule has 118 valence electrons. The van der Waals surface area contributed by atoms with Crippen LogP contribution in [-0.4, -0.2) is 0 Å². The lowest BCUT2D eigenvalue weighted by atomic mass is 9.84. The molecule has 0 spiro atoms. The predicted octanol–water partition coefficient (Wildman–Crippen LogP) is 6.84. The first kappa shape index (κ1) is 15.0. The average molecular weight is 310 g/mol. The Bertz CT molecular complexity index is 993. The number of benzene rings is 4. The summed E-state index contributed by atoms with van der Waals surface area (Å²) < 4.78 is 0. The van der Waals surface area contributed by atoms with Crippen LogP contribution in [0.1, 0.15) is 36.0 Å². The van der Waals surface area contributed by atoms with Crippen molar-refractivity contribution in [2.75, 3.05) is 0 Å². The zero-order valence-corrected chi connectivity index (χ0v) is 14.3. The van der Waals surface area contributed by atoms with Crippen molar-refractivity contribution in [3.05, 3.63) is 95.6 Å². The molecule has 1 unspecified atom stereocenters. The minimum atomic E-state index is 0.431. The van der Waals surface area contributed by atoms with Gasteiger partial charge in [-0.15, -0.1) is 0 Å². The summed E-state index contributed by atoms with van der Waals surface area (Å²) in [4.78, 5) is 0. The SMILES string of the molecule is CCC(c1ccc(C)cc1)c1cc2ccccc2c2ccccc12. The fourth-order valence-corrected chi connectivity index (χ4v) is 3.81. The number of hydrogen-bond donors (Lipinski definition) is 0. The Morgan fingerprint density at radius 1 is 0.708 bits per heavy atom. The van der Waals surface area contributed by atoms with Crippen molar-refractivity contribution in [3.8, 4) is 0 Å². The van der Waals surface area contributed by atoms with E-state index in [4.69, 9.17) is 0 Å². The molecule has 4 aromatic rings. The van der Waals surface area contributed by atoms with Gasteiger partial charge in [-0.25, -0.2) is 0 Å². The fraction of sp³-hybridized carbons (Fsp3) is 0.167. The topological polar surface area (TPSA) is 0 Å². The van der Waals surface area contributed by atoms with Crippen LogP contribution < -0.4 is 0 Å². The average Bonchev–Trinajstić information content (AvgIpc) is 2.64. The van der Waals surface area contributed by atoms with E-state index >= 15 is 0 Å². The highest BCUT2D eigenvalue weighted by molar-refractivity contribution is 6.09. The van der Waals surface area contributed by atoms with Crippen molar-refractivity contribution in [1.82, 2.24) is 0 Å². The van der Waals surface area contributed by atoms with Crippen LogP contribution >= 0.6 is 0 Å². The van der Waals surface area contributed by atoms with Crippen molar-refractivity contribution in [1.29, 1.82) is 0 Å². The predicted molar refractivity (Wildman–Crippen MR) is 105 cm³/mol. The third kappa shape index (κ3) is 2.49. The van der Waals surface area contributed by atoms with E-state index in [0.717, 1.165) is 6.42 Å². The molecule has 0 bridgehead atoms. The van der Waals surface area contributed by atoms with Gasteiger partial charge in [-0.1, -0.05) is 85.3 Å². The molecule has 0 aliphatic carbocycles. The second-order valence-electron chi connectivity index (χ2n) is 6.60. The molecule has 0 N–H and O–H groups in total. The third-order valence-electron chi connectivity index (χ3n) is 5.06. The first-order valence-corrected chi connectivity index (χ1v) is 8.75. The van der Waals surface area contributed by atoms with Crippen LogP contribution in [-0.2, 0) is 0 Å². The van der Waals surface area contributed by atoms with E-state index in [9.17, 15) is 0 Å². The molecule has 0 radical (unpaired) electrons. The van der Waals surface area contributed by atoms with Gasteiger partial charge in [-0.2, -0.15) is 0 Å². The first-order chi connectivity index (χ1) is 11.8. The summed E-state index contributed by atoms with van der Waals surface area (Å²) in [5, 5.41) is 5.41. The molecule has 24 heavy (non-hydrogen) atoms. The van der Waals surface area contributed by atoms with Crippen LogP contribution in [0.3, 0.4) is 0 Å². The molecule has 4 rings (SSSR count). The number of aryl methyl sites for hydroxylation is 1. The summed E-state index contributed by atoms with van der Waals surface area (Å²) in [5.41, 5.74) is 4.16. The highest BCUT2D eigenvalue weighted by Crippen LogP contribution is 2.37. The maximum Gasteiger partial charge on any atom is 0.00931 e. The van der Waals surface area contributed by atoms with E-state index < -0.39 is 0 Å². The Kier molecular flexibility index (Phi) is 3.82. The van der Waals surface area contributed by atoms with E-state index in [1.807, 2.05) is 0 Å².